The second kappa shape index (κ2) is 6.82. The van der Waals surface area contributed by atoms with Crippen LogP contribution in [0.4, 0.5) is 0 Å². The average molecular weight is 510 g/mol. The molecule has 200 valence electrons. The fraction of sp³-hybridized carbons (Fsp3) is 0.800. The van der Waals surface area contributed by atoms with Crippen LogP contribution < -0.4 is 0 Å². The van der Waals surface area contributed by atoms with Crippen molar-refractivity contribution in [3.8, 4) is 0 Å². The molecule has 6 fully saturated rings. The summed E-state index contributed by atoms with van der Waals surface area (Å²) >= 11 is 0. The molecular formula is C30H39NO6. The van der Waals surface area contributed by atoms with Crippen LogP contribution in [0.1, 0.15) is 80.1 Å². The van der Waals surface area contributed by atoms with E-state index in [4.69, 9.17) is 9.47 Å². The van der Waals surface area contributed by atoms with Crippen LogP contribution in [0.3, 0.4) is 0 Å². The van der Waals surface area contributed by atoms with Gasteiger partial charge < -0.3 is 9.47 Å². The minimum Gasteiger partial charge on any atom is -0.435 e. The predicted molar refractivity (Wildman–Crippen MR) is 133 cm³/mol. The summed E-state index contributed by atoms with van der Waals surface area (Å²) in [6, 6.07) is 0. The highest BCUT2D eigenvalue weighted by molar-refractivity contribution is 6.07. The molecule has 37 heavy (non-hydrogen) atoms. The van der Waals surface area contributed by atoms with Gasteiger partial charge in [-0.1, -0.05) is 40.2 Å². The zero-order valence-electron chi connectivity index (χ0n) is 22.9. The second-order valence-corrected chi connectivity index (χ2v) is 14.4. The van der Waals surface area contributed by atoms with E-state index in [1.54, 1.807) is 6.08 Å². The van der Waals surface area contributed by atoms with Crippen molar-refractivity contribution >= 4 is 23.3 Å². The summed E-state index contributed by atoms with van der Waals surface area (Å²) in [7, 11) is 0. The van der Waals surface area contributed by atoms with Crippen molar-refractivity contribution in [2.24, 2.45) is 45.8 Å². The summed E-state index contributed by atoms with van der Waals surface area (Å²) in [5, 5.41) is 0. The Morgan fingerprint density at radius 1 is 1.05 bits per heavy atom. The van der Waals surface area contributed by atoms with Gasteiger partial charge in [-0.2, -0.15) is 0 Å². The number of carbonyl (C=O) groups excluding carboxylic acids is 4. The van der Waals surface area contributed by atoms with E-state index in [0.29, 0.717) is 25.3 Å². The Balaban J connectivity index is 1.50. The quantitative estimate of drug-likeness (QED) is 0.458. The zero-order chi connectivity index (χ0) is 26.5. The number of piperidine rings is 1. The number of fused-ring (bicyclic) bond motifs is 5. The van der Waals surface area contributed by atoms with Crippen molar-refractivity contribution in [1.29, 1.82) is 0 Å². The normalized spacial score (nSPS) is 56.5. The Morgan fingerprint density at radius 3 is 2.51 bits per heavy atom. The molecule has 0 aromatic carbocycles. The Bertz CT molecular complexity index is 1210. The van der Waals surface area contributed by atoms with Crippen LogP contribution in [0.25, 0.3) is 0 Å². The van der Waals surface area contributed by atoms with E-state index in [1.807, 2.05) is 20.8 Å². The van der Waals surface area contributed by atoms with Gasteiger partial charge >= 0.3 is 5.97 Å². The summed E-state index contributed by atoms with van der Waals surface area (Å²) in [6.07, 6.45) is 5.50. The van der Waals surface area contributed by atoms with Crippen LogP contribution >= 0.6 is 0 Å². The highest BCUT2D eigenvalue weighted by atomic mass is 16.6. The van der Waals surface area contributed by atoms with Crippen molar-refractivity contribution in [2.75, 3.05) is 6.54 Å². The van der Waals surface area contributed by atoms with Gasteiger partial charge in [0.2, 0.25) is 5.72 Å². The maximum atomic E-state index is 15.4. The van der Waals surface area contributed by atoms with Gasteiger partial charge in [0.15, 0.2) is 11.6 Å². The minimum atomic E-state index is -1.50. The first-order valence-electron chi connectivity index (χ1n) is 14.2. The summed E-state index contributed by atoms with van der Waals surface area (Å²) in [6.45, 7) is 12.7. The molecule has 0 N–H and O–H groups in total. The summed E-state index contributed by atoms with van der Waals surface area (Å²) in [5.74, 6) is -2.14. The van der Waals surface area contributed by atoms with E-state index in [9.17, 15) is 14.4 Å². The zero-order valence-corrected chi connectivity index (χ0v) is 22.9. The van der Waals surface area contributed by atoms with Crippen LogP contribution in [0.5, 0.6) is 0 Å². The molecule has 4 bridgehead atoms. The highest BCUT2D eigenvalue weighted by Crippen LogP contribution is 2.76. The predicted octanol–water partition coefficient (Wildman–Crippen LogP) is 3.84. The van der Waals surface area contributed by atoms with Crippen molar-refractivity contribution in [3.63, 3.8) is 0 Å². The van der Waals surface area contributed by atoms with Gasteiger partial charge in [0.25, 0.3) is 0 Å². The number of ether oxygens (including phenoxy) is 2. The van der Waals surface area contributed by atoms with Gasteiger partial charge in [-0.05, 0) is 62.4 Å². The van der Waals surface area contributed by atoms with Crippen LogP contribution in [-0.2, 0) is 28.7 Å². The molecule has 3 aliphatic carbocycles. The third-order valence-corrected chi connectivity index (χ3v) is 12.5. The number of rotatable bonds is 0. The van der Waals surface area contributed by atoms with E-state index in [1.165, 1.54) is 0 Å². The minimum absolute atomic E-state index is 0.00659. The van der Waals surface area contributed by atoms with Crippen LogP contribution in [0, 0.1) is 45.8 Å². The Labute approximate surface area is 218 Å². The van der Waals surface area contributed by atoms with Crippen molar-refractivity contribution in [3.05, 3.63) is 11.6 Å². The van der Waals surface area contributed by atoms with Gasteiger partial charge in [0.1, 0.15) is 11.5 Å². The monoisotopic (exact) mass is 509 g/mol. The Kier molecular flexibility index (Phi) is 4.46. The molecule has 7 rings (SSSR count). The van der Waals surface area contributed by atoms with E-state index in [-0.39, 0.29) is 35.8 Å². The molecule has 7 aliphatic rings. The lowest BCUT2D eigenvalue weighted by molar-refractivity contribution is -0.349. The number of Topliss-reactive ketones (excluding diaryl/α,β-unsaturated/α-hetero) is 2. The molecule has 0 radical (unpaired) electrons. The van der Waals surface area contributed by atoms with Crippen LogP contribution in [0.2, 0.25) is 0 Å². The summed E-state index contributed by atoms with van der Waals surface area (Å²) < 4.78 is 13.1. The number of carbonyl (C=O) groups is 4. The van der Waals surface area contributed by atoms with Crippen molar-refractivity contribution in [2.45, 2.75) is 97.6 Å². The first-order chi connectivity index (χ1) is 17.2. The van der Waals surface area contributed by atoms with E-state index < -0.39 is 51.4 Å². The van der Waals surface area contributed by atoms with E-state index in [2.05, 4.69) is 25.7 Å². The highest BCUT2D eigenvalue weighted by Gasteiger charge is 2.86. The fourth-order valence-electron chi connectivity index (χ4n) is 11.0. The smallest absolute Gasteiger partial charge is 0.308 e. The molecule has 4 saturated heterocycles. The molecule has 11 atom stereocenters. The third kappa shape index (κ3) is 2.40. The molecule has 7 nitrogen and oxygen atoms in total. The molecule has 1 spiro atoms. The number of hydrogen-bond acceptors (Lipinski definition) is 7. The molecule has 0 aromatic rings. The molecule has 0 amide bonds. The van der Waals surface area contributed by atoms with Crippen molar-refractivity contribution in [1.82, 2.24) is 4.90 Å². The van der Waals surface area contributed by atoms with Gasteiger partial charge in [0, 0.05) is 35.1 Å². The summed E-state index contributed by atoms with van der Waals surface area (Å²) in [5.41, 5.74) is -3.81. The maximum absolute atomic E-state index is 15.4. The number of allylic oxidation sites excluding steroid dienone is 2. The molecule has 2 saturated carbocycles. The van der Waals surface area contributed by atoms with Crippen LogP contribution in [-0.4, -0.2) is 52.3 Å². The number of nitrogens with zero attached hydrogens (tertiary/aromatic N) is 1. The third-order valence-electron chi connectivity index (χ3n) is 12.5. The first-order valence-corrected chi connectivity index (χ1v) is 14.2. The SMILES string of the molecule is CC1=CC(=O)C2[C@@H](C1)C1(C)C(=O)C34OC(=O)C[C@@](C)([C@H]1C(=O)[C@@H]2C)[C@]3(C)CC[C@]12C[C@@H](C)C[C@H](CN41)O2. The molecule has 7 heteroatoms. The largest absolute Gasteiger partial charge is 0.435 e. The number of hydrogen-bond donors (Lipinski definition) is 0. The number of esters is 1. The summed E-state index contributed by atoms with van der Waals surface area (Å²) in [4.78, 5) is 58.8. The Morgan fingerprint density at radius 2 is 1.78 bits per heavy atom. The lowest BCUT2D eigenvalue weighted by Crippen LogP contribution is -2.87. The van der Waals surface area contributed by atoms with Gasteiger partial charge in [-0.3, -0.25) is 19.2 Å². The lowest BCUT2D eigenvalue weighted by atomic mass is 9.32. The number of ketones is 3. The maximum Gasteiger partial charge on any atom is 0.308 e. The fourth-order valence-corrected chi connectivity index (χ4v) is 11.0. The van der Waals surface area contributed by atoms with Crippen LogP contribution in [0.15, 0.2) is 11.6 Å². The standard InChI is InChI=1S/C30H39NO6/c1-15-10-19-22(20(32)11-15)17(3)23(34)24-26(4)13-21(33)37-30(25(35)28(19,24)6)27(26,5)7-8-29-12-16(2)9-18(36-29)14-31(29)30/h11,16-19,22,24H,7-10,12-14H2,1-6H3/t16-,17+,18+,19+,22?,24+,26-,27-,28?,29-,30?/m0/s1. The van der Waals surface area contributed by atoms with E-state index in [0.717, 1.165) is 24.8 Å². The molecule has 4 heterocycles. The van der Waals surface area contributed by atoms with E-state index >= 15 is 4.79 Å². The molecule has 4 aliphatic heterocycles. The average Bonchev–Trinajstić information content (AvgIpc) is 3.08. The molecular weight excluding hydrogens is 470 g/mol. The first kappa shape index (κ1) is 24.2. The Hall–Kier alpha value is -1.86. The van der Waals surface area contributed by atoms with Gasteiger partial charge in [0.05, 0.1) is 12.5 Å². The second-order valence-electron chi connectivity index (χ2n) is 14.4. The van der Waals surface area contributed by atoms with Gasteiger partial charge in [-0.25, -0.2) is 4.90 Å². The van der Waals surface area contributed by atoms with Gasteiger partial charge in [-0.15, -0.1) is 0 Å². The molecule has 0 aromatic heterocycles. The topological polar surface area (TPSA) is 90.0 Å². The van der Waals surface area contributed by atoms with Crippen molar-refractivity contribution < 1.29 is 28.7 Å². The molecule has 3 unspecified atom stereocenters. The lowest BCUT2D eigenvalue weighted by Gasteiger charge is -2.75.